The first kappa shape index (κ1) is 10.2. The minimum absolute atomic E-state index is 0.161. The number of aromatic nitrogens is 2. The van der Waals surface area contributed by atoms with E-state index in [1.807, 2.05) is 0 Å². The van der Waals surface area contributed by atoms with Crippen LogP contribution in [0.1, 0.15) is 16.1 Å². The van der Waals surface area contributed by atoms with Gasteiger partial charge in [-0.05, 0) is 24.3 Å². The second-order valence-corrected chi connectivity index (χ2v) is 3.69. The van der Waals surface area contributed by atoms with Gasteiger partial charge in [-0.15, -0.1) is 0 Å². The maximum Gasteiger partial charge on any atom is 0.209 e. The number of pyridine rings is 1. The molecule has 0 saturated carbocycles. The molecule has 0 saturated heterocycles. The van der Waals surface area contributed by atoms with Crippen molar-refractivity contribution >= 4 is 29.0 Å². The van der Waals surface area contributed by atoms with Gasteiger partial charge in [-0.3, -0.25) is 4.79 Å². The number of carbonyl (C=O) groups is 1. The monoisotopic (exact) mass is 240 g/mol. The van der Waals surface area contributed by atoms with E-state index < -0.39 is 0 Å². The lowest BCUT2D eigenvalue weighted by Crippen LogP contribution is -2.02. The summed E-state index contributed by atoms with van der Waals surface area (Å²) in [5.74, 6) is -0.161. The molecule has 76 valence electrons. The third-order valence-electron chi connectivity index (χ3n) is 1.87. The van der Waals surface area contributed by atoms with Crippen LogP contribution in [0.2, 0.25) is 10.3 Å². The van der Waals surface area contributed by atoms with Crippen LogP contribution in [0.15, 0.2) is 30.5 Å². The molecule has 15 heavy (non-hydrogen) atoms. The molecule has 2 heterocycles. The molecular weight excluding hydrogens is 235 g/mol. The first-order valence-electron chi connectivity index (χ1n) is 4.18. The Morgan fingerprint density at radius 2 is 1.93 bits per heavy atom. The van der Waals surface area contributed by atoms with Gasteiger partial charge in [-0.1, -0.05) is 23.2 Å². The van der Waals surface area contributed by atoms with Crippen molar-refractivity contribution in [3.05, 3.63) is 52.0 Å². The molecule has 0 atom stereocenters. The maximum absolute atomic E-state index is 11.8. The number of rotatable bonds is 2. The minimum Gasteiger partial charge on any atom is -0.359 e. The van der Waals surface area contributed by atoms with E-state index in [9.17, 15) is 4.79 Å². The van der Waals surface area contributed by atoms with Gasteiger partial charge in [-0.2, -0.15) is 0 Å². The van der Waals surface area contributed by atoms with Gasteiger partial charge >= 0.3 is 0 Å². The van der Waals surface area contributed by atoms with E-state index in [0.29, 0.717) is 11.3 Å². The van der Waals surface area contributed by atoms with Crippen molar-refractivity contribution < 1.29 is 4.79 Å². The van der Waals surface area contributed by atoms with Gasteiger partial charge in [0.2, 0.25) is 5.78 Å². The van der Waals surface area contributed by atoms with Crippen LogP contribution in [0.5, 0.6) is 0 Å². The average Bonchev–Trinajstić information content (AvgIpc) is 2.67. The molecule has 0 spiro atoms. The zero-order valence-corrected chi connectivity index (χ0v) is 9.01. The van der Waals surface area contributed by atoms with Crippen LogP contribution < -0.4 is 0 Å². The summed E-state index contributed by atoms with van der Waals surface area (Å²) in [5, 5.41) is 0.412. The molecule has 2 aromatic heterocycles. The van der Waals surface area contributed by atoms with Crippen molar-refractivity contribution in [2.75, 3.05) is 0 Å². The molecular formula is C10H6Cl2N2O. The molecule has 0 aromatic carbocycles. The molecule has 2 rings (SSSR count). The third kappa shape index (κ3) is 2.19. The fraction of sp³-hybridized carbons (Fsp3) is 0. The standard InChI is InChI=1S/C10H6Cl2N2O/c11-8-4-6(5-9(12)14-8)10(15)7-2-1-3-13-7/h1-5,13H. The molecule has 0 aliphatic rings. The fourth-order valence-electron chi connectivity index (χ4n) is 1.22. The van der Waals surface area contributed by atoms with Crippen molar-refractivity contribution in [3.8, 4) is 0 Å². The molecule has 0 radical (unpaired) electrons. The number of H-pyrrole nitrogens is 1. The normalized spacial score (nSPS) is 10.3. The van der Waals surface area contributed by atoms with Crippen molar-refractivity contribution in [1.29, 1.82) is 0 Å². The Labute approximate surface area is 96.1 Å². The zero-order valence-electron chi connectivity index (χ0n) is 7.50. The highest BCUT2D eigenvalue weighted by atomic mass is 35.5. The number of aromatic amines is 1. The van der Waals surface area contributed by atoms with Crippen LogP contribution in [0.25, 0.3) is 0 Å². The number of ketones is 1. The molecule has 0 unspecified atom stereocenters. The number of hydrogen-bond acceptors (Lipinski definition) is 2. The highest BCUT2D eigenvalue weighted by Crippen LogP contribution is 2.17. The topological polar surface area (TPSA) is 45.8 Å². The van der Waals surface area contributed by atoms with Gasteiger partial charge in [0.1, 0.15) is 10.3 Å². The molecule has 2 aromatic rings. The Morgan fingerprint density at radius 1 is 1.27 bits per heavy atom. The van der Waals surface area contributed by atoms with E-state index in [-0.39, 0.29) is 16.1 Å². The first-order chi connectivity index (χ1) is 7.16. The van der Waals surface area contributed by atoms with Crippen LogP contribution in [-0.4, -0.2) is 15.8 Å². The number of nitrogens with zero attached hydrogens (tertiary/aromatic N) is 1. The Hall–Kier alpha value is -1.32. The van der Waals surface area contributed by atoms with Gasteiger partial charge in [-0.25, -0.2) is 4.98 Å². The van der Waals surface area contributed by atoms with Gasteiger partial charge in [0, 0.05) is 11.8 Å². The maximum atomic E-state index is 11.8. The van der Waals surface area contributed by atoms with Gasteiger partial charge in [0.25, 0.3) is 0 Å². The first-order valence-corrected chi connectivity index (χ1v) is 4.93. The van der Waals surface area contributed by atoms with Crippen LogP contribution in [0, 0.1) is 0 Å². The summed E-state index contributed by atoms with van der Waals surface area (Å²) >= 11 is 11.4. The van der Waals surface area contributed by atoms with Crippen LogP contribution in [0.3, 0.4) is 0 Å². The Kier molecular flexibility index (Phi) is 2.75. The smallest absolute Gasteiger partial charge is 0.209 e. The van der Waals surface area contributed by atoms with Crippen molar-refractivity contribution in [2.45, 2.75) is 0 Å². The quantitative estimate of drug-likeness (QED) is 0.648. The number of carbonyl (C=O) groups excluding carboxylic acids is 1. The average molecular weight is 241 g/mol. The van der Waals surface area contributed by atoms with Crippen molar-refractivity contribution in [1.82, 2.24) is 9.97 Å². The van der Waals surface area contributed by atoms with Gasteiger partial charge in [0.05, 0.1) is 5.69 Å². The number of hydrogen-bond donors (Lipinski definition) is 1. The number of halogens is 2. The molecule has 0 fully saturated rings. The summed E-state index contributed by atoms with van der Waals surface area (Å²) in [5.41, 5.74) is 0.913. The van der Waals surface area contributed by atoms with E-state index in [1.54, 1.807) is 18.3 Å². The summed E-state index contributed by atoms with van der Waals surface area (Å²) in [6.45, 7) is 0. The van der Waals surface area contributed by atoms with Crippen molar-refractivity contribution in [2.24, 2.45) is 0 Å². The second kappa shape index (κ2) is 4.04. The highest BCUT2D eigenvalue weighted by molar-refractivity contribution is 6.33. The largest absolute Gasteiger partial charge is 0.359 e. The van der Waals surface area contributed by atoms with Gasteiger partial charge in [0.15, 0.2) is 0 Å². The third-order valence-corrected chi connectivity index (χ3v) is 2.25. The SMILES string of the molecule is O=C(c1cc(Cl)nc(Cl)c1)c1ccc[nH]1. The summed E-state index contributed by atoms with van der Waals surface area (Å²) < 4.78 is 0. The molecule has 0 bridgehead atoms. The molecule has 0 aliphatic carbocycles. The van der Waals surface area contributed by atoms with E-state index in [1.165, 1.54) is 12.1 Å². The molecule has 5 heteroatoms. The predicted molar refractivity (Wildman–Crippen MR) is 58.5 cm³/mol. The summed E-state index contributed by atoms with van der Waals surface area (Å²) in [6.07, 6.45) is 1.68. The molecule has 3 nitrogen and oxygen atoms in total. The molecule has 0 aliphatic heterocycles. The Morgan fingerprint density at radius 3 is 2.47 bits per heavy atom. The predicted octanol–water partition coefficient (Wildman–Crippen LogP) is 2.95. The van der Waals surface area contributed by atoms with Crippen molar-refractivity contribution in [3.63, 3.8) is 0 Å². The second-order valence-electron chi connectivity index (χ2n) is 2.91. The van der Waals surface area contributed by atoms with E-state index in [2.05, 4.69) is 9.97 Å². The van der Waals surface area contributed by atoms with Gasteiger partial charge < -0.3 is 4.98 Å². The number of nitrogens with one attached hydrogen (secondary N) is 1. The van der Waals surface area contributed by atoms with E-state index in [0.717, 1.165) is 0 Å². The van der Waals surface area contributed by atoms with Crippen LogP contribution >= 0.6 is 23.2 Å². The molecule has 0 amide bonds. The Balaban J connectivity index is 2.42. The summed E-state index contributed by atoms with van der Waals surface area (Å²) in [6, 6.07) is 6.40. The lowest BCUT2D eigenvalue weighted by Gasteiger charge is -1.99. The lowest BCUT2D eigenvalue weighted by atomic mass is 10.1. The Bertz CT molecular complexity index is 474. The summed E-state index contributed by atoms with van der Waals surface area (Å²) in [7, 11) is 0. The zero-order chi connectivity index (χ0) is 10.8. The summed E-state index contributed by atoms with van der Waals surface area (Å²) in [4.78, 5) is 18.4. The van der Waals surface area contributed by atoms with E-state index in [4.69, 9.17) is 23.2 Å². The fourth-order valence-corrected chi connectivity index (χ4v) is 1.68. The van der Waals surface area contributed by atoms with Crippen LogP contribution in [0.4, 0.5) is 0 Å². The minimum atomic E-state index is -0.161. The highest BCUT2D eigenvalue weighted by Gasteiger charge is 2.11. The van der Waals surface area contributed by atoms with E-state index >= 15 is 0 Å². The van der Waals surface area contributed by atoms with Crippen LogP contribution in [-0.2, 0) is 0 Å². The lowest BCUT2D eigenvalue weighted by molar-refractivity contribution is 0.103. The molecule has 1 N–H and O–H groups in total.